The molecule has 2 rings (SSSR count). The molecule has 1 saturated heterocycles. The van der Waals surface area contributed by atoms with E-state index in [4.69, 9.17) is 0 Å². The van der Waals surface area contributed by atoms with E-state index in [2.05, 4.69) is 37.9 Å². The Morgan fingerprint density at radius 2 is 1.89 bits per heavy atom. The molecule has 2 heteroatoms. The lowest BCUT2D eigenvalue weighted by atomic mass is 9.91. The Morgan fingerprint density at radius 1 is 1.22 bits per heavy atom. The highest BCUT2D eigenvalue weighted by Gasteiger charge is 2.46. The van der Waals surface area contributed by atoms with Crippen molar-refractivity contribution in [1.29, 1.82) is 0 Å². The lowest BCUT2D eigenvalue weighted by molar-refractivity contribution is 0.157. The second kappa shape index (κ2) is 5.92. The maximum Gasteiger partial charge on any atom is 0.00790 e. The van der Waals surface area contributed by atoms with Gasteiger partial charge in [0.2, 0.25) is 0 Å². The fraction of sp³-hybridized carbons (Fsp3) is 1.00. The molecule has 1 N–H and O–H groups in total. The van der Waals surface area contributed by atoms with Crippen molar-refractivity contribution in [2.75, 3.05) is 19.6 Å². The summed E-state index contributed by atoms with van der Waals surface area (Å²) in [6, 6.07) is 1.42. The van der Waals surface area contributed by atoms with Crippen molar-refractivity contribution in [2.24, 2.45) is 11.3 Å². The Bertz CT molecular complexity index is 258. The highest BCUT2D eigenvalue weighted by Crippen LogP contribution is 2.52. The first kappa shape index (κ1) is 14.3. The van der Waals surface area contributed by atoms with E-state index in [1.54, 1.807) is 0 Å². The maximum atomic E-state index is 3.76. The molecule has 0 amide bonds. The van der Waals surface area contributed by atoms with Crippen LogP contribution >= 0.6 is 0 Å². The van der Waals surface area contributed by atoms with E-state index in [0.29, 0.717) is 11.5 Å². The molecule has 2 unspecified atom stereocenters. The van der Waals surface area contributed by atoms with Crippen LogP contribution in [0.5, 0.6) is 0 Å². The van der Waals surface area contributed by atoms with E-state index in [9.17, 15) is 0 Å². The van der Waals surface area contributed by atoms with Gasteiger partial charge < -0.3 is 10.2 Å². The molecular formula is C16H32N2. The maximum absolute atomic E-state index is 3.76. The summed E-state index contributed by atoms with van der Waals surface area (Å²) in [5, 5.41) is 3.76. The molecule has 1 aliphatic carbocycles. The van der Waals surface area contributed by atoms with Gasteiger partial charge in [-0.3, -0.25) is 0 Å². The SMILES string of the molecule is CCC1CCN(CC2(C(C)C)CC2)CCC(C)N1. The van der Waals surface area contributed by atoms with Crippen molar-refractivity contribution < 1.29 is 0 Å². The van der Waals surface area contributed by atoms with Crippen molar-refractivity contribution in [3.05, 3.63) is 0 Å². The van der Waals surface area contributed by atoms with Crippen molar-refractivity contribution >= 4 is 0 Å². The fourth-order valence-corrected chi connectivity index (χ4v) is 3.40. The molecule has 0 radical (unpaired) electrons. The molecule has 2 atom stereocenters. The van der Waals surface area contributed by atoms with Crippen molar-refractivity contribution in [2.45, 2.75) is 71.9 Å². The molecule has 2 fully saturated rings. The van der Waals surface area contributed by atoms with Gasteiger partial charge in [0.25, 0.3) is 0 Å². The molecule has 18 heavy (non-hydrogen) atoms. The van der Waals surface area contributed by atoms with Crippen LogP contribution < -0.4 is 5.32 Å². The minimum absolute atomic E-state index is 0.678. The van der Waals surface area contributed by atoms with Crippen LogP contribution in [0.3, 0.4) is 0 Å². The van der Waals surface area contributed by atoms with E-state index in [1.165, 1.54) is 51.7 Å². The summed E-state index contributed by atoms with van der Waals surface area (Å²) in [4.78, 5) is 2.76. The zero-order valence-corrected chi connectivity index (χ0v) is 12.8. The molecule has 106 valence electrons. The first-order chi connectivity index (χ1) is 8.55. The largest absolute Gasteiger partial charge is 0.311 e. The summed E-state index contributed by atoms with van der Waals surface area (Å²) in [5.41, 5.74) is 0.678. The van der Waals surface area contributed by atoms with Gasteiger partial charge in [0.05, 0.1) is 0 Å². The van der Waals surface area contributed by atoms with Crippen LogP contribution in [0.15, 0.2) is 0 Å². The molecule has 1 aliphatic heterocycles. The van der Waals surface area contributed by atoms with Crippen LogP contribution in [0.1, 0.15) is 59.8 Å². The van der Waals surface area contributed by atoms with Crippen molar-refractivity contribution in [3.63, 3.8) is 0 Å². The predicted molar refractivity (Wildman–Crippen MR) is 78.9 cm³/mol. The second-order valence-electron chi connectivity index (χ2n) is 7.04. The van der Waals surface area contributed by atoms with Gasteiger partial charge in [0.1, 0.15) is 0 Å². The molecule has 0 aromatic heterocycles. The molecule has 0 bridgehead atoms. The van der Waals surface area contributed by atoms with Crippen LogP contribution in [0, 0.1) is 11.3 Å². The van der Waals surface area contributed by atoms with E-state index in [1.807, 2.05) is 0 Å². The van der Waals surface area contributed by atoms with E-state index in [-0.39, 0.29) is 0 Å². The summed E-state index contributed by atoms with van der Waals surface area (Å²) >= 11 is 0. The van der Waals surface area contributed by atoms with E-state index in [0.717, 1.165) is 12.0 Å². The summed E-state index contributed by atoms with van der Waals surface area (Å²) < 4.78 is 0. The molecule has 0 aromatic rings. The van der Waals surface area contributed by atoms with Gasteiger partial charge in [-0.25, -0.2) is 0 Å². The summed E-state index contributed by atoms with van der Waals surface area (Å²) in [7, 11) is 0. The highest BCUT2D eigenvalue weighted by atomic mass is 15.1. The van der Waals surface area contributed by atoms with Gasteiger partial charge in [-0.2, -0.15) is 0 Å². The van der Waals surface area contributed by atoms with Gasteiger partial charge in [0, 0.05) is 18.6 Å². The van der Waals surface area contributed by atoms with Crippen LogP contribution in [0.25, 0.3) is 0 Å². The zero-order valence-electron chi connectivity index (χ0n) is 12.8. The average molecular weight is 252 g/mol. The number of rotatable bonds is 4. The monoisotopic (exact) mass is 252 g/mol. The molecular weight excluding hydrogens is 220 g/mol. The standard InChI is InChI=1S/C16H32N2/c1-5-15-7-11-18(10-6-14(4)17-15)12-16(8-9-16)13(2)3/h13-15,17H,5-12H2,1-4H3. The van der Waals surface area contributed by atoms with Gasteiger partial charge in [0.15, 0.2) is 0 Å². The second-order valence-corrected chi connectivity index (χ2v) is 7.04. The topological polar surface area (TPSA) is 15.3 Å². The molecule has 2 nitrogen and oxygen atoms in total. The molecule has 1 saturated carbocycles. The van der Waals surface area contributed by atoms with E-state index < -0.39 is 0 Å². The van der Waals surface area contributed by atoms with Crippen LogP contribution in [0.4, 0.5) is 0 Å². The lowest BCUT2D eigenvalue weighted by Gasteiger charge is -2.35. The van der Waals surface area contributed by atoms with Gasteiger partial charge in [-0.05, 0) is 63.5 Å². The van der Waals surface area contributed by atoms with E-state index >= 15 is 0 Å². The van der Waals surface area contributed by atoms with Crippen molar-refractivity contribution in [3.8, 4) is 0 Å². The predicted octanol–water partition coefficient (Wildman–Crippen LogP) is 3.28. The van der Waals surface area contributed by atoms with Crippen LogP contribution in [-0.2, 0) is 0 Å². The van der Waals surface area contributed by atoms with Crippen LogP contribution in [0.2, 0.25) is 0 Å². The van der Waals surface area contributed by atoms with Gasteiger partial charge >= 0.3 is 0 Å². The first-order valence-corrected chi connectivity index (χ1v) is 8.04. The Morgan fingerprint density at radius 3 is 2.44 bits per heavy atom. The first-order valence-electron chi connectivity index (χ1n) is 8.04. The van der Waals surface area contributed by atoms with Crippen molar-refractivity contribution in [1.82, 2.24) is 10.2 Å². The normalized spacial score (nSPS) is 33.2. The number of hydrogen-bond acceptors (Lipinski definition) is 2. The average Bonchev–Trinajstić information content (AvgIpc) is 3.09. The summed E-state index contributed by atoms with van der Waals surface area (Å²) in [6.45, 7) is 13.4. The van der Waals surface area contributed by atoms with Gasteiger partial charge in [-0.15, -0.1) is 0 Å². The Hall–Kier alpha value is -0.0800. The molecule has 2 aliphatic rings. The summed E-state index contributed by atoms with van der Waals surface area (Å²) in [5.74, 6) is 0.862. The molecule has 0 spiro atoms. The van der Waals surface area contributed by atoms with Crippen LogP contribution in [-0.4, -0.2) is 36.6 Å². The number of nitrogens with zero attached hydrogens (tertiary/aromatic N) is 1. The molecule has 0 aromatic carbocycles. The summed E-state index contributed by atoms with van der Waals surface area (Å²) in [6.07, 6.45) is 6.84. The third kappa shape index (κ3) is 3.48. The highest BCUT2D eigenvalue weighted by molar-refractivity contribution is 4.98. The quantitative estimate of drug-likeness (QED) is 0.826. The van der Waals surface area contributed by atoms with Gasteiger partial charge in [-0.1, -0.05) is 20.8 Å². The lowest BCUT2D eigenvalue weighted by Crippen LogP contribution is -2.45. The molecule has 1 heterocycles. The number of nitrogens with one attached hydrogen (secondary N) is 1. The Kier molecular flexibility index (Phi) is 4.71. The number of hydrogen-bond donors (Lipinski definition) is 1. The smallest absolute Gasteiger partial charge is 0.00790 e. The zero-order chi connectivity index (χ0) is 13.2. The fourth-order valence-electron chi connectivity index (χ4n) is 3.40. The third-order valence-corrected chi connectivity index (χ3v) is 5.34. The Balaban J connectivity index is 1.88. The minimum atomic E-state index is 0.678. The Labute approximate surface area is 114 Å². The minimum Gasteiger partial charge on any atom is -0.311 e. The third-order valence-electron chi connectivity index (χ3n) is 5.34.